The predicted molar refractivity (Wildman–Crippen MR) is 58.1 cm³/mol. The molecule has 0 atom stereocenters. The van der Waals surface area contributed by atoms with E-state index in [2.05, 4.69) is 17.1 Å². The minimum atomic E-state index is 0. The van der Waals surface area contributed by atoms with Gasteiger partial charge >= 0.3 is 0 Å². The van der Waals surface area contributed by atoms with Crippen molar-refractivity contribution in [2.45, 2.75) is 0 Å². The fourth-order valence-electron chi connectivity index (χ4n) is 1.24. The number of hydrogen-bond acceptors (Lipinski definition) is 1. The Balaban J connectivity index is 0.000000980. The van der Waals surface area contributed by atoms with Gasteiger partial charge in [-0.1, -0.05) is 0 Å². The van der Waals surface area contributed by atoms with Crippen LogP contribution in [0.1, 0.15) is 0 Å². The lowest BCUT2D eigenvalue weighted by molar-refractivity contribution is -0.671. The molecular formula is C11H12ClN2+. The molecule has 0 aliphatic heterocycles. The summed E-state index contributed by atoms with van der Waals surface area (Å²) < 4.78 is 2.02. The van der Waals surface area contributed by atoms with Crippen LogP contribution in [-0.2, 0) is 7.05 Å². The van der Waals surface area contributed by atoms with Gasteiger partial charge in [-0.25, -0.2) is 4.57 Å². The molecule has 0 aliphatic carbocycles. The van der Waals surface area contributed by atoms with Gasteiger partial charge in [0, 0.05) is 24.5 Å². The molecule has 14 heavy (non-hydrogen) atoms. The zero-order valence-electron chi connectivity index (χ0n) is 7.92. The highest BCUT2D eigenvalue weighted by Gasteiger charge is 1.97. The van der Waals surface area contributed by atoms with Gasteiger partial charge in [-0.3, -0.25) is 4.98 Å². The molecule has 72 valence electrons. The zero-order valence-corrected chi connectivity index (χ0v) is 8.74. The molecule has 2 rings (SSSR count). The van der Waals surface area contributed by atoms with Gasteiger partial charge in [0.15, 0.2) is 12.4 Å². The summed E-state index contributed by atoms with van der Waals surface area (Å²) in [7, 11) is 2.01. The second-order valence-electron chi connectivity index (χ2n) is 2.99. The zero-order chi connectivity index (χ0) is 9.10. The Bertz CT molecular complexity index is 384. The number of pyridine rings is 2. The highest BCUT2D eigenvalue weighted by atomic mass is 35.5. The molecular weight excluding hydrogens is 196 g/mol. The first-order chi connectivity index (χ1) is 6.36. The Labute approximate surface area is 89.7 Å². The average Bonchev–Trinajstić information content (AvgIpc) is 2.20. The quantitative estimate of drug-likeness (QED) is 0.654. The lowest BCUT2D eigenvalue weighted by Gasteiger charge is -1.97. The molecule has 0 amide bonds. The fourth-order valence-corrected chi connectivity index (χ4v) is 1.24. The van der Waals surface area contributed by atoms with Crippen LogP contribution in [0.5, 0.6) is 0 Å². The topological polar surface area (TPSA) is 16.8 Å². The summed E-state index contributed by atoms with van der Waals surface area (Å²) in [5, 5.41) is 0. The molecule has 0 N–H and O–H groups in total. The fraction of sp³-hybridized carbons (Fsp3) is 0.0909. The van der Waals surface area contributed by atoms with Crippen molar-refractivity contribution in [1.29, 1.82) is 0 Å². The molecule has 2 heterocycles. The maximum atomic E-state index is 3.98. The number of halogens is 1. The number of nitrogens with zero attached hydrogens (tertiary/aromatic N) is 2. The normalized spacial score (nSPS) is 9.21. The average molecular weight is 208 g/mol. The van der Waals surface area contributed by atoms with E-state index in [9.17, 15) is 0 Å². The third-order valence-electron chi connectivity index (χ3n) is 1.99. The number of aromatic nitrogens is 2. The molecule has 2 aromatic heterocycles. The molecule has 0 radical (unpaired) electrons. The smallest absolute Gasteiger partial charge is 0.169 e. The van der Waals surface area contributed by atoms with E-state index >= 15 is 0 Å². The number of rotatable bonds is 1. The van der Waals surface area contributed by atoms with Crippen LogP contribution in [0.25, 0.3) is 11.1 Å². The summed E-state index contributed by atoms with van der Waals surface area (Å²) in [5.74, 6) is 0. The maximum Gasteiger partial charge on any atom is 0.169 e. The van der Waals surface area contributed by atoms with Crippen molar-refractivity contribution in [2.75, 3.05) is 0 Å². The van der Waals surface area contributed by atoms with Crippen LogP contribution in [0, 0.1) is 0 Å². The Morgan fingerprint density at radius 2 is 1.43 bits per heavy atom. The van der Waals surface area contributed by atoms with Gasteiger partial charge in [-0.2, -0.15) is 0 Å². The molecule has 0 aliphatic rings. The Morgan fingerprint density at radius 3 is 2.00 bits per heavy atom. The lowest BCUT2D eigenvalue weighted by Crippen LogP contribution is -2.25. The maximum absolute atomic E-state index is 3.98. The van der Waals surface area contributed by atoms with Crippen LogP contribution in [0.2, 0.25) is 0 Å². The number of aryl methyl sites for hydroxylation is 1. The van der Waals surface area contributed by atoms with E-state index in [-0.39, 0.29) is 12.4 Å². The van der Waals surface area contributed by atoms with Crippen molar-refractivity contribution >= 4 is 12.4 Å². The first-order valence-electron chi connectivity index (χ1n) is 4.22. The minimum absolute atomic E-state index is 0. The number of hydrogen-bond donors (Lipinski definition) is 0. The molecule has 0 unspecified atom stereocenters. The summed E-state index contributed by atoms with van der Waals surface area (Å²) in [6, 6.07) is 8.20. The monoisotopic (exact) mass is 207 g/mol. The third-order valence-corrected chi connectivity index (χ3v) is 1.99. The third kappa shape index (κ3) is 2.30. The van der Waals surface area contributed by atoms with Crippen LogP contribution < -0.4 is 4.57 Å². The molecule has 0 aromatic carbocycles. The minimum Gasteiger partial charge on any atom is -0.265 e. The van der Waals surface area contributed by atoms with Gasteiger partial charge in [-0.05, 0) is 23.3 Å². The van der Waals surface area contributed by atoms with Crippen molar-refractivity contribution in [3.05, 3.63) is 49.1 Å². The lowest BCUT2D eigenvalue weighted by atomic mass is 10.1. The van der Waals surface area contributed by atoms with Gasteiger partial charge in [-0.15, -0.1) is 12.4 Å². The van der Waals surface area contributed by atoms with Crippen molar-refractivity contribution in [2.24, 2.45) is 7.05 Å². The highest BCUT2D eigenvalue weighted by Crippen LogP contribution is 2.15. The van der Waals surface area contributed by atoms with Crippen LogP contribution in [0.3, 0.4) is 0 Å². The van der Waals surface area contributed by atoms with E-state index in [4.69, 9.17) is 0 Å². The molecule has 2 aromatic rings. The molecule has 0 bridgehead atoms. The summed E-state index contributed by atoms with van der Waals surface area (Å²) in [6.45, 7) is 0. The first-order valence-corrected chi connectivity index (χ1v) is 4.22. The Kier molecular flexibility index (Phi) is 3.60. The molecule has 3 heteroatoms. The molecule has 0 fully saturated rings. The van der Waals surface area contributed by atoms with Gasteiger partial charge in [0.2, 0.25) is 0 Å². The van der Waals surface area contributed by atoms with Gasteiger partial charge in [0.1, 0.15) is 7.05 Å². The second-order valence-corrected chi connectivity index (χ2v) is 2.99. The van der Waals surface area contributed by atoms with Crippen molar-refractivity contribution in [3.63, 3.8) is 0 Å². The molecule has 2 nitrogen and oxygen atoms in total. The first kappa shape index (κ1) is 10.7. The van der Waals surface area contributed by atoms with E-state index in [0.717, 1.165) is 0 Å². The van der Waals surface area contributed by atoms with Crippen LogP contribution in [0.4, 0.5) is 0 Å². The largest absolute Gasteiger partial charge is 0.265 e. The molecule has 0 spiro atoms. The van der Waals surface area contributed by atoms with E-state index in [1.165, 1.54) is 11.1 Å². The highest BCUT2D eigenvalue weighted by molar-refractivity contribution is 5.85. The van der Waals surface area contributed by atoms with Crippen molar-refractivity contribution in [3.8, 4) is 11.1 Å². The predicted octanol–water partition coefficient (Wildman–Crippen LogP) is 1.99. The van der Waals surface area contributed by atoms with Crippen LogP contribution >= 0.6 is 12.4 Å². The summed E-state index contributed by atoms with van der Waals surface area (Å²) in [6.07, 6.45) is 7.69. The molecule has 0 saturated carbocycles. The van der Waals surface area contributed by atoms with Crippen molar-refractivity contribution < 1.29 is 4.57 Å². The Hall–Kier alpha value is -1.41. The molecule has 0 saturated heterocycles. The second kappa shape index (κ2) is 4.72. The summed E-state index contributed by atoms with van der Waals surface area (Å²) >= 11 is 0. The summed E-state index contributed by atoms with van der Waals surface area (Å²) in [5.41, 5.74) is 2.43. The van der Waals surface area contributed by atoms with Crippen molar-refractivity contribution in [1.82, 2.24) is 4.98 Å². The van der Waals surface area contributed by atoms with Crippen LogP contribution in [-0.4, -0.2) is 4.98 Å². The van der Waals surface area contributed by atoms with E-state index in [1.54, 1.807) is 0 Å². The van der Waals surface area contributed by atoms with Gasteiger partial charge in [0.25, 0.3) is 0 Å². The van der Waals surface area contributed by atoms with E-state index < -0.39 is 0 Å². The summed E-state index contributed by atoms with van der Waals surface area (Å²) in [4.78, 5) is 3.98. The van der Waals surface area contributed by atoms with E-state index in [1.807, 2.05) is 48.5 Å². The van der Waals surface area contributed by atoms with Gasteiger partial charge in [0.05, 0.1) is 0 Å². The van der Waals surface area contributed by atoms with E-state index in [0.29, 0.717) is 0 Å². The standard InChI is InChI=1S/C11H11N2.ClH/c1-13-8-4-11(5-9-13)10-2-6-12-7-3-10;/h2-9H,1H3;1H/q+1;. The van der Waals surface area contributed by atoms with Gasteiger partial charge < -0.3 is 0 Å². The Morgan fingerprint density at radius 1 is 0.929 bits per heavy atom. The van der Waals surface area contributed by atoms with Crippen LogP contribution in [0.15, 0.2) is 49.1 Å². The SMILES string of the molecule is C[n+]1ccc(-c2ccncc2)cc1.Cl.